The third-order valence-corrected chi connectivity index (χ3v) is 4.35. The van der Waals surface area contributed by atoms with E-state index in [1.165, 1.54) is 28.1 Å². The van der Waals surface area contributed by atoms with Crippen molar-refractivity contribution < 1.29 is 0 Å². The molecule has 0 aliphatic heterocycles. The molecule has 0 saturated carbocycles. The average Bonchev–Trinajstić information content (AvgIpc) is 2.40. The molecule has 0 bridgehead atoms. The Morgan fingerprint density at radius 2 is 1.89 bits per heavy atom. The molecule has 0 spiro atoms. The van der Waals surface area contributed by atoms with Gasteiger partial charge in [-0.2, -0.15) is 0 Å². The van der Waals surface area contributed by atoms with Crippen molar-refractivity contribution in [3.8, 4) is 0 Å². The number of hydrogen-bond donors (Lipinski definition) is 1. The average molecular weight is 255 g/mol. The fourth-order valence-electron chi connectivity index (χ4n) is 2.49. The lowest BCUT2D eigenvalue weighted by atomic mass is 9.77. The molecule has 1 N–H and O–H groups in total. The highest BCUT2D eigenvalue weighted by atomic mass is 32.2. The third-order valence-electron chi connectivity index (χ3n) is 3.60. The second kappa shape index (κ2) is 5.07. The van der Waals surface area contributed by atoms with Crippen molar-refractivity contribution in [1.82, 2.24) is 0 Å². The number of anilines is 1. The van der Waals surface area contributed by atoms with Crippen LogP contribution in [0.2, 0.25) is 0 Å². The van der Waals surface area contributed by atoms with Gasteiger partial charge < -0.3 is 5.32 Å². The molecule has 92 valence electrons. The molecule has 1 aliphatic carbocycles. The van der Waals surface area contributed by atoms with Crippen LogP contribution in [0, 0.1) is 0 Å². The highest BCUT2D eigenvalue weighted by Crippen LogP contribution is 2.34. The standard InChI is InChI=1S/C16H17NS/c1-18-15-8-6-14(7-9-15)17-11-13-10-12-4-2-3-5-16(12)13/h2-9,13,17H,10-11H2,1H3. The first kappa shape index (κ1) is 11.7. The predicted molar refractivity (Wildman–Crippen MR) is 79.6 cm³/mol. The fourth-order valence-corrected chi connectivity index (χ4v) is 2.90. The summed E-state index contributed by atoms with van der Waals surface area (Å²) in [5, 5.41) is 3.53. The summed E-state index contributed by atoms with van der Waals surface area (Å²) in [6.45, 7) is 1.04. The van der Waals surface area contributed by atoms with Crippen molar-refractivity contribution in [2.75, 3.05) is 18.1 Å². The number of rotatable bonds is 4. The van der Waals surface area contributed by atoms with E-state index in [1.54, 1.807) is 11.8 Å². The Morgan fingerprint density at radius 1 is 1.11 bits per heavy atom. The zero-order valence-electron chi connectivity index (χ0n) is 10.5. The molecular weight excluding hydrogens is 238 g/mol. The summed E-state index contributed by atoms with van der Waals surface area (Å²) in [6, 6.07) is 17.4. The van der Waals surface area contributed by atoms with Crippen LogP contribution in [0.15, 0.2) is 53.4 Å². The second-order valence-electron chi connectivity index (χ2n) is 4.71. The molecule has 0 heterocycles. The van der Waals surface area contributed by atoms with Crippen LogP contribution in [0.4, 0.5) is 5.69 Å². The molecule has 0 fully saturated rings. The van der Waals surface area contributed by atoms with Crippen LogP contribution in [0.25, 0.3) is 0 Å². The summed E-state index contributed by atoms with van der Waals surface area (Å²) in [5.41, 5.74) is 4.25. The van der Waals surface area contributed by atoms with Gasteiger partial charge in [-0.05, 0) is 48.1 Å². The first-order chi connectivity index (χ1) is 8.86. The van der Waals surface area contributed by atoms with Crippen LogP contribution in [-0.4, -0.2) is 12.8 Å². The lowest BCUT2D eigenvalue weighted by Crippen LogP contribution is -2.24. The molecule has 2 aromatic rings. The van der Waals surface area contributed by atoms with Gasteiger partial charge in [-0.25, -0.2) is 0 Å². The van der Waals surface area contributed by atoms with Crippen LogP contribution in [0.3, 0.4) is 0 Å². The van der Waals surface area contributed by atoms with Gasteiger partial charge in [0.2, 0.25) is 0 Å². The van der Waals surface area contributed by atoms with Gasteiger partial charge in [-0.15, -0.1) is 11.8 Å². The number of benzene rings is 2. The minimum atomic E-state index is 0.682. The predicted octanol–water partition coefficient (Wildman–Crippen LogP) is 4.16. The summed E-state index contributed by atoms with van der Waals surface area (Å²) < 4.78 is 0. The number of thioether (sulfide) groups is 1. The summed E-state index contributed by atoms with van der Waals surface area (Å²) in [6.07, 6.45) is 3.32. The third kappa shape index (κ3) is 2.25. The van der Waals surface area contributed by atoms with Crippen LogP contribution in [-0.2, 0) is 6.42 Å². The van der Waals surface area contributed by atoms with Gasteiger partial charge in [-0.1, -0.05) is 24.3 Å². The van der Waals surface area contributed by atoms with E-state index in [1.807, 2.05) is 0 Å². The molecule has 1 atom stereocenters. The van der Waals surface area contributed by atoms with Gasteiger partial charge in [-0.3, -0.25) is 0 Å². The highest BCUT2D eigenvalue weighted by Gasteiger charge is 2.24. The maximum atomic E-state index is 3.53. The largest absolute Gasteiger partial charge is 0.384 e. The molecule has 1 unspecified atom stereocenters. The smallest absolute Gasteiger partial charge is 0.0341 e. The van der Waals surface area contributed by atoms with Crippen LogP contribution in [0.1, 0.15) is 17.0 Å². The van der Waals surface area contributed by atoms with Crippen LogP contribution < -0.4 is 5.32 Å². The minimum absolute atomic E-state index is 0.682. The molecule has 1 aliphatic rings. The van der Waals surface area contributed by atoms with E-state index in [-0.39, 0.29) is 0 Å². The Labute approximate surface area is 113 Å². The van der Waals surface area contributed by atoms with Gasteiger partial charge in [0.15, 0.2) is 0 Å². The van der Waals surface area contributed by atoms with Crippen molar-refractivity contribution in [3.05, 3.63) is 59.7 Å². The molecule has 0 aromatic heterocycles. The summed E-state index contributed by atoms with van der Waals surface area (Å²) in [5.74, 6) is 0.682. The van der Waals surface area contributed by atoms with Crippen molar-refractivity contribution in [1.29, 1.82) is 0 Å². The van der Waals surface area contributed by atoms with E-state index < -0.39 is 0 Å². The van der Waals surface area contributed by atoms with Gasteiger partial charge in [0.1, 0.15) is 0 Å². The van der Waals surface area contributed by atoms with E-state index in [0.717, 1.165) is 6.54 Å². The number of hydrogen-bond acceptors (Lipinski definition) is 2. The fraction of sp³-hybridized carbons (Fsp3) is 0.250. The van der Waals surface area contributed by atoms with E-state index in [9.17, 15) is 0 Å². The van der Waals surface area contributed by atoms with Gasteiger partial charge in [0, 0.05) is 23.0 Å². The first-order valence-electron chi connectivity index (χ1n) is 6.32. The quantitative estimate of drug-likeness (QED) is 0.823. The molecule has 0 amide bonds. The molecule has 3 rings (SSSR count). The van der Waals surface area contributed by atoms with Crippen molar-refractivity contribution in [3.63, 3.8) is 0 Å². The maximum absolute atomic E-state index is 3.53. The Kier molecular flexibility index (Phi) is 3.28. The summed E-state index contributed by atoms with van der Waals surface area (Å²) >= 11 is 1.78. The van der Waals surface area contributed by atoms with E-state index in [2.05, 4.69) is 60.1 Å². The zero-order chi connectivity index (χ0) is 12.4. The molecular formula is C16H17NS. The molecule has 0 saturated heterocycles. The van der Waals surface area contributed by atoms with E-state index >= 15 is 0 Å². The molecule has 1 nitrogen and oxygen atoms in total. The Bertz CT molecular complexity index is 533. The van der Waals surface area contributed by atoms with Crippen LogP contribution in [0.5, 0.6) is 0 Å². The lowest BCUT2D eigenvalue weighted by Gasteiger charge is -2.30. The van der Waals surface area contributed by atoms with Crippen LogP contribution >= 0.6 is 11.8 Å². The number of nitrogens with one attached hydrogen (secondary N) is 1. The molecule has 0 radical (unpaired) electrons. The van der Waals surface area contributed by atoms with Crippen molar-refractivity contribution in [2.45, 2.75) is 17.2 Å². The van der Waals surface area contributed by atoms with Gasteiger partial charge in [0.05, 0.1) is 0 Å². The maximum Gasteiger partial charge on any atom is 0.0341 e. The topological polar surface area (TPSA) is 12.0 Å². The van der Waals surface area contributed by atoms with Crippen molar-refractivity contribution in [2.24, 2.45) is 0 Å². The minimum Gasteiger partial charge on any atom is -0.384 e. The van der Waals surface area contributed by atoms with Crippen molar-refractivity contribution >= 4 is 17.4 Å². The lowest BCUT2D eigenvalue weighted by molar-refractivity contribution is 0.636. The second-order valence-corrected chi connectivity index (χ2v) is 5.59. The normalized spacial score (nSPS) is 16.8. The Balaban J connectivity index is 1.59. The Hall–Kier alpha value is -1.41. The zero-order valence-corrected chi connectivity index (χ0v) is 11.3. The summed E-state index contributed by atoms with van der Waals surface area (Å²) in [7, 11) is 0. The highest BCUT2D eigenvalue weighted by molar-refractivity contribution is 7.98. The Morgan fingerprint density at radius 3 is 2.61 bits per heavy atom. The summed E-state index contributed by atoms with van der Waals surface area (Å²) in [4.78, 5) is 1.31. The number of fused-ring (bicyclic) bond motifs is 1. The molecule has 2 aromatic carbocycles. The monoisotopic (exact) mass is 255 g/mol. The van der Waals surface area contributed by atoms with E-state index in [4.69, 9.17) is 0 Å². The van der Waals surface area contributed by atoms with Gasteiger partial charge >= 0.3 is 0 Å². The SMILES string of the molecule is CSc1ccc(NCC2Cc3ccccc32)cc1. The molecule has 18 heavy (non-hydrogen) atoms. The van der Waals surface area contributed by atoms with Gasteiger partial charge in [0.25, 0.3) is 0 Å². The van der Waals surface area contributed by atoms with E-state index in [0.29, 0.717) is 5.92 Å². The first-order valence-corrected chi connectivity index (χ1v) is 7.55. The molecule has 2 heteroatoms.